The second kappa shape index (κ2) is 6.49. The highest BCUT2D eigenvalue weighted by Gasteiger charge is 2.42. The Morgan fingerprint density at radius 2 is 2.04 bits per heavy atom. The van der Waals surface area contributed by atoms with E-state index in [2.05, 4.69) is 51.8 Å². The topological polar surface area (TPSA) is 59.1 Å². The van der Waals surface area contributed by atoms with Crippen LogP contribution < -0.4 is 10.6 Å². The lowest BCUT2D eigenvalue weighted by Gasteiger charge is -2.47. The minimum atomic E-state index is -0.128. The summed E-state index contributed by atoms with van der Waals surface area (Å²) in [5.74, 6) is 0.887. The second-order valence-electron chi connectivity index (χ2n) is 6.71. The number of hydrogen-bond acceptors (Lipinski definition) is 5. The van der Waals surface area contributed by atoms with Gasteiger partial charge in [0.1, 0.15) is 11.4 Å². The summed E-state index contributed by atoms with van der Waals surface area (Å²) in [5, 5.41) is 7.01. The molecule has 0 radical (unpaired) electrons. The van der Waals surface area contributed by atoms with E-state index in [1.165, 1.54) is 12.0 Å². The lowest BCUT2D eigenvalue weighted by molar-refractivity contribution is -0.129. The molecular weight excluding hydrogens is 300 g/mol. The van der Waals surface area contributed by atoms with Crippen molar-refractivity contribution in [2.45, 2.75) is 44.4 Å². The predicted octanol–water partition coefficient (Wildman–Crippen LogP) is 2.63. The number of rotatable bonds is 5. The Morgan fingerprint density at radius 3 is 2.62 bits per heavy atom. The number of ether oxygens (including phenoxy) is 1. The van der Waals surface area contributed by atoms with Crippen molar-refractivity contribution >= 4 is 5.69 Å². The molecule has 2 aromatic rings. The van der Waals surface area contributed by atoms with E-state index in [-0.39, 0.29) is 5.60 Å². The van der Waals surface area contributed by atoms with E-state index in [1.54, 1.807) is 0 Å². The molecule has 126 valence electrons. The van der Waals surface area contributed by atoms with Crippen molar-refractivity contribution in [3.63, 3.8) is 0 Å². The quantitative estimate of drug-likeness (QED) is 0.885. The van der Waals surface area contributed by atoms with Crippen LogP contribution in [0.4, 0.5) is 5.69 Å². The number of anilines is 1. The third kappa shape index (κ3) is 3.01. The molecule has 2 N–H and O–H groups in total. The van der Waals surface area contributed by atoms with Gasteiger partial charge >= 0.3 is 0 Å². The van der Waals surface area contributed by atoms with E-state index >= 15 is 0 Å². The van der Waals surface area contributed by atoms with Crippen LogP contribution in [-0.2, 0) is 23.3 Å². The lowest BCUT2D eigenvalue weighted by Crippen LogP contribution is -2.57. The number of benzene rings is 1. The van der Waals surface area contributed by atoms with Gasteiger partial charge < -0.3 is 15.4 Å². The second-order valence-corrected chi connectivity index (χ2v) is 6.71. The third-order valence-corrected chi connectivity index (χ3v) is 5.12. The monoisotopic (exact) mass is 324 g/mol. The summed E-state index contributed by atoms with van der Waals surface area (Å²) in [4.78, 5) is 8.67. The normalized spacial score (nSPS) is 25.6. The molecule has 2 bridgehead atoms. The molecule has 3 aliphatic heterocycles. The van der Waals surface area contributed by atoms with Gasteiger partial charge in [0.15, 0.2) is 0 Å². The zero-order valence-electron chi connectivity index (χ0n) is 14.1. The first kappa shape index (κ1) is 15.5. The molecule has 3 saturated heterocycles. The summed E-state index contributed by atoms with van der Waals surface area (Å²) in [6.45, 7) is 4.54. The number of hydrogen-bond donors (Lipinski definition) is 2. The number of morpholine rings is 1. The van der Waals surface area contributed by atoms with Crippen LogP contribution in [0.1, 0.15) is 36.7 Å². The van der Waals surface area contributed by atoms with Gasteiger partial charge in [-0.3, -0.25) is 0 Å². The van der Waals surface area contributed by atoms with Crippen molar-refractivity contribution in [1.29, 1.82) is 0 Å². The molecule has 1 aromatic heterocycles. The predicted molar refractivity (Wildman–Crippen MR) is 93.8 cm³/mol. The number of nitrogens with zero attached hydrogens (tertiary/aromatic N) is 2. The fraction of sp³-hybridized carbons (Fsp3) is 0.474. The molecule has 5 nitrogen and oxygen atoms in total. The molecule has 2 atom stereocenters. The summed E-state index contributed by atoms with van der Waals surface area (Å²) in [7, 11) is 0. The standard InChI is InChI=1S/C19H24N4O/c1-2-18-21-10-14(11-22-18)9-20-16-5-3-15(4-6-16)19-8-7-17(12-24-19)23-13-19/h3-6,10-11,17,20,23H,2,7-9,12-13H2,1H3. The molecule has 0 spiro atoms. The molecular formula is C19H24N4O. The summed E-state index contributed by atoms with van der Waals surface area (Å²) >= 11 is 0. The average molecular weight is 324 g/mol. The lowest BCUT2D eigenvalue weighted by atomic mass is 9.81. The Morgan fingerprint density at radius 1 is 1.25 bits per heavy atom. The van der Waals surface area contributed by atoms with Crippen molar-refractivity contribution in [2.24, 2.45) is 0 Å². The molecule has 0 amide bonds. The molecule has 3 aliphatic rings. The van der Waals surface area contributed by atoms with Crippen molar-refractivity contribution in [1.82, 2.24) is 15.3 Å². The summed E-state index contributed by atoms with van der Waals surface area (Å²) in [6.07, 6.45) is 6.97. The SMILES string of the molecule is CCc1ncc(CNc2ccc(C34CCC(CO3)NC4)cc2)cn1. The fourth-order valence-electron chi connectivity index (χ4n) is 3.51. The maximum atomic E-state index is 6.14. The van der Waals surface area contributed by atoms with Crippen LogP contribution in [0.25, 0.3) is 0 Å². The average Bonchev–Trinajstić information content (AvgIpc) is 2.68. The Balaban J connectivity index is 1.40. The van der Waals surface area contributed by atoms with Crippen LogP contribution in [0.3, 0.4) is 0 Å². The van der Waals surface area contributed by atoms with E-state index in [1.807, 2.05) is 12.4 Å². The van der Waals surface area contributed by atoms with Crippen molar-refractivity contribution < 1.29 is 4.74 Å². The van der Waals surface area contributed by atoms with Gasteiger partial charge in [-0.2, -0.15) is 0 Å². The van der Waals surface area contributed by atoms with Crippen LogP contribution in [0.5, 0.6) is 0 Å². The molecule has 0 aliphatic carbocycles. The third-order valence-electron chi connectivity index (χ3n) is 5.12. The van der Waals surface area contributed by atoms with Crippen LogP contribution >= 0.6 is 0 Å². The van der Waals surface area contributed by atoms with Gasteiger partial charge in [-0.15, -0.1) is 0 Å². The number of piperidine rings is 1. The van der Waals surface area contributed by atoms with E-state index in [9.17, 15) is 0 Å². The van der Waals surface area contributed by atoms with E-state index < -0.39 is 0 Å². The van der Waals surface area contributed by atoms with Gasteiger partial charge in [0, 0.05) is 49.2 Å². The van der Waals surface area contributed by atoms with Crippen LogP contribution in [0.15, 0.2) is 36.7 Å². The minimum Gasteiger partial charge on any atom is -0.381 e. The number of aromatic nitrogens is 2. The minimum absolute atomic E-state index is 0.128. The first-order chi connectivity index (χ1) is 11.8. The number of aryl methyl sites for hydroxylation is 1. The first-order valence-corrected chi connectivity index (χ1v) is 8.79. The Bertz CT molecular complexity index is 662. The van der Waals surface area contributed by atoms with Gasteiger partial charge in [-0.05, 0) is 30.5 Å². The number of nitrogens with one attached hydrogen (secondary N) is 2. The zero-order valence-corrected chi connectivity index (χ0v) is 14.1. The van der Waals surface area contributed by atoms with Crippen LogP contribution in [0, 0.1) is 0 Å². The Hall–Kier alpha value is -1.98. The summed E-state index contributed by atoms with van der Waals surface area (Å²) in [5.41, 5.74) is 3.34. The van der Waals surface area contributed by atoms with Gasteiger partial charge in [-0.25, -0.2) is 9.97 Å². The van der Waals surface area contributed by atoms with Gasteiger partial charge in [0.05, 0.1) is 6.61 Å². The summed E-state index contributed by atoms with van der Waals surface area (Å²) < 4.78 is 6.14. The van der Waals surface area contributed by atoms with Crippen LogP contribution in [0.2, 0.25) is 0 Å². The molecule has 0 saturated carbocycles. The van der Waals surface area contributed by atoms with Crippen molar-refractivity contribution in [3.05, 3.63) is 53.6 Å². The van der Waals surface area contributed by atoms with E-state index in [0.717, 1.165) is 49.6 Å². The van der Waals surface area contributed by atoms with Gasteiger partial charge in [0.25, 0.3) is 0 Å². The fourth-order valence-corrected chi connectivity index (χ4v) is 3.51. The smallest absolute Gasteiger partial charge is 0.127 e. The van der Waals surface area contributed by atoms with Crippen molar-refractivity contribution in [2.75, 3.05) is 18.5 Å². The highest BCUT2D eigenvalue weighted by atomic mass is 16.5. The van der Waals surface area contributed by atoms with E-state index in [4.69, 9.17) is 4.74 Å². The molecule has 5 heteroatoms. The molecule has 1 aromatic carbocycles. The van der Waals surface area contributed by atoms with Gasteiger partial charge in [-0.1, -0.05) is 19.1 Å². The highest BCUT2D eigenvalue weighted by Crippen LogP contribution is 2.38. The summed E-state index contributed by atoms with van der Waals surface area (Å²) in [6, 6.07) is 9.19. The van der Waals surface area contributed by atoms with E-state index in [0.29, 0.717) is 6.04 Å². The largest absolute Gasteiger partial charge is 0.381 e. The van der Waals surface area contributed by atoms with Crippen molar-refractivity contribution in [3.8, 4) is 0 Å². The Kier molecular flexibility index (Phi) is 4.21. The highest BCUT2D eigenvalue weighted by molar-refractivity contribution is 5.46. The zero-order chi connectivity index (χ0) is 16.4. The molecule has 5 rings (SSSR count). The van der Waals surface area contributed by atoms with Gasteiger partial charge in [0.2, 0.25) is 0 Å². The molecule has 2 unspecified atom stereocenters. The molecule has 24 heavy (non-hydrogen) atoms. The Labute approximate surface area is 142 Å². The molecule has 3 fully saturated rings. The number of fused-ring (bicyclic) bond motifs is 3. The molecule has 4 heterocycles. The van der Waals surface area contributed by atoms with Crippen LogP contribution in [-0.4, -0.2) is 29.2 Å². The maximum Gasteiger partial charge on any atom is 0.127 e. The first-order valence-electron chi connectivity index (χ1n) is 8.79. The maximum absolute atomic E-state index is 6.14.